The van der Waals surface area contributed by atoms with Crippen LogP contribution >= 0.6 is 11.8 Å². The van der Waals surface area contributed by atoms with Gasteiger partial charge in [0.15, 0.2) is 5.58 Å². The van der Waals surface area contributed by atoms with Crippen LogP contribution in [-0.2, 0) is 5.75 Å². The first-order chi connectivity index (χ1) is 5.92. The lowest BCUT2D eigenvalue weighted by atomic mass is 10.2. The third-order valence-corrected chi connectivity index (χ3v) is 2.30. The van der Waals surface area contributed by atoms with Crippen LogP contribution in [0.15, 0.2) is 28.8 Å². The van der Waals surface area contributed by atoms with Crippen LogP contribution < -0.4 is 0 Å². The summed E-state index contributed by atoms with van der Waals surface area (Å²) in [6, 6.07) is 7.93. The summed E-state index contributed by atoms with van der Waals surface area (Å²) in [5.74, 6) is 0.914. The molecule has 0 unspecified atom stereocenters. The van der Waals surface area contributed by atoms with Gasteiger partial charge in [0.25, 0.3) is 0 Å². The Kier molecular flexibility index (Phi) is 2.04. The van der Waals surface area contributed by atoms with Crippen molar-refractivity contribution in [1.29, 1.82) is 0 Å². The van der Waals surface area contributed by atoms with Crippen molar-refractivity contribution in [3.8, 4) is 0 Å². The highest BCUT2D eigenvalue weighted by molar-refractivity contribution is 7.97. The van der Waals surface area contributed by atoms with E-state index in [0.29, 0.717) is 0 Å². The van der Waals surface area contributed by atoms with Gasteiger partial charge < -0.3 is 4.52 Å². The molecule has 0 amide bonds. The molecule has 0 atom stereocenters. The van der Waals surface area contributed by atoms with E-state index < -0.39 is 0 Å². The monoisotopic (exact) mass is 179 g/mol. The minimum atomic E-state index is 0.876. The van der Waals surface area contributed by atoms with Gasteiger partial charge in [0.1, 0.15) is 5.69 Å². The highest BCUT2D eigenvalue weighted by Gasteiger charge is 2.04. The molecular formula is C9H9NOS. The van der Waals surface area contributed by atoms with Crippen LogP contribution in [0.4, 0.5) is 0 Å². The molecule has 0 N–H and O–H groups in total. The summed E-state index contributed by atoms with van der Waals surface area (Å²) in [5, 5.41) is 5.12. The summed E-state index contributed by atoms with van der Waals surface area (Å²) in [7, 11) is 0. The number of hydrogen-bond donors (Lipinski definition) is 0. The molecule has 12 heavy (non-hydrogen) atoms. The highest BCUT2D eigenvalue weighted by atomic mass is 32.2. The van der Waals surface area contributed by atoms with Crippen LogP contribution in [0.2, 0.25) is 0 Å². The van der Waals surface area contributed by atoms with Gasteiger partial charge in [-0.05, 0) is 18.4 Å². The number of benzene rings is 1. The van der Waals surface area contributed by atoms with E-state index in [4.69, 9.17) is 4.52 Å². The molecule has 1 aromatic heterocycles. The molecule has 0 aliphatic rings. The molecule has 1 aromatic carbocycles. The van der Waals surface area contributed by atoms with E-state index in [1.54, 1.807) is 11.8 Å². The van der Waals surface area contributed by atoms with E-state index in [2.05, 4.69) is 11.4 Å². The molecule has 0 aliphatic carbocycles. The Morgan fingerprint density at radius 2 is 2.25 bits per heavy atom. The molecule has 0 saturated heterocycles. The third-order valence-electron chi connectivity index (χ3n) is 1.73. The molecule has 62 valence electrons. The Morgan fingerprint density at radius 3 is 3.08 bits per heavy atom. The molecule has 0 aliphatic heterocycles. The van der Waals surface area contributed by atoms with Crippen molar-refractivity contribution in [2.45, 2.75) is 5.75 Å². The topological polar surface area (TPSA) is 26.0 Å². The highest BCUT2D eigenvalue weighted by Crippen LogP contribution is 2.20. The SMILES string of the molecule is CSCc1noc2ccccc12. The lowest BCUT2D eigenvalue weighted by molar-refractivity contribution is 0.449. The van der Waals surface area contributed by atoms with E-state index in [0.717, 1.165) is 22.4 Å². The van der Waals surface area contributed by atoms with Gasteiger partial charge in [-0.15, -0.1) is 0 Å². The van der Waals surface area contributed by atoms with Crippen molar-refractivity contribution < 1.29 is 4.52 Å². The lowest BCUT2D eigenvalue weighted by Crippen LogP contribution is -1.78. The average molecular weight is 179 g/mol. The van der Waals surface area contributed by atoms with Crippen molar-refractivity contribution in [3.63, 3.8) is 0 Å². The number of rotatable bonds is 2. The normalized spacial score (nSPS) is 10.8. The molecule has 0 saturated carbocycles. The molecule has 2 rings (SSSR count). The van der Waals surface area contributed by atoms with Crippen molar-refractivity contribution in [3.05, 3.63) is 30.0 Å². The lowest BCUT2D eigenvalue weighted by Gasteiger charge is -1.89. The van der Waals surface area contributed by atoms with Gasteiger partial charge >= 0.3 is 0 Å². The maximum Gasteiger partial charge on any atom is 0.167 e. The number of thioether (sulfide) groups is 1. The summed E-state index contributed by atoms with van der Waals surface area (Å²) in [6.45, 7) is 0. The van der Waals surface area contributed by atoms with E-state index in [9.17, 15) is 0 Å². The molecule has 3 heteroatoms. The van der Waals surface area contributed by atoms with Crippen LogP contribution in [0.3, 0.4) is 0 Å². The van der Waals surface area contributed by atoms with Crippen molar-refractivity contribution >= 4 is 22.7 Å². The molecule has 0 spiro atoms. The quantitative estimate of drug-likeness (QED) is 0.709. The minimum Gasteiger partial charge on any atom is -0.356 e. The maximum absolute atomic E-state index is 5.14. The number of aromatic nitrogens is 1. The van der Waals surface area contributed by atoms with E-state index in [1.807, 2.05) is 24.3 Å². The van der Waals surface area contributed by atoms with Crippen LogP contribution in [0.5, 0.6) is 0 Å². The Morgan fingerprint density at radius 1 is 1.42 bits per heavy atom. The third kappa shape index (κ3) is 1.20. The fourth-order valence-electron chi connectivity index (χ4n) is 1.18. The summed E-state index contributed by atoms with van der Waals surface area (Å²) >= 11 is 1.75. The number of fused-ring (bicyclic) bond motifs is 1. The van der Waals surface area contributed by atoms with Gasteiger partial charge in [-0.1, -0.05) is 17.3 Å². The minimum absolute atomic E-state index is 0.876. The van der Waals surface area contributed by atoms with Gasteiger partial charge in [0, 0.05) is 11.1 Å². The summed E-state index contributed by atoms with van der Waals surface area (Å²) < 4.78 is 5.14. The van der Waals surface area contributed by atoms with Crippen LogP contribution in [0.1, 0.15) is 5.69 Å². The largest absolute Gasteiger partial charge is 0.356 e. The zero-order chi connectivity index (χ0) is 8.39. The molecule has 0 fully saturated rings. The first kappa shape index (κ1) is 7.68. The Balaban J connectivity index is 2.55. The van der Waals surface area contributed by atoms with Crippen molar-refractivity contribution in [1.82, 2.24) is 5.16 Å². The second-order valence-electron chi connectivity index (χ2n) is 2.56. The van der Waals surface area contributed by atoms with Gasteiger partial charge in [-0.3, -0.25) is 0 Å². The van der Waals surface area contributed by atoms with E-state index in [1.165, 1.54) is 0 Å². The standard InChI is InChI=1S/C9H9NOS/c1-12-6-8-7-4-2-3-5-9(7)11-10-8/h2-5H,6H2,1H3. The molecule has 0 radical (unpaired) electrons. The first-order valence-electron chi connectivity index (χ1n) is 3.74. The number of para-hydroxylation sites is 1. The van der Waals surface area contributed by atoms with Gasteiger partial charge in [-0.25, -0.2) is 0 Å². The Bertz CT molecular complexity index is 383. The first-order valence-corrected chi connectivity index (χ1v) is 5.13. The van der Waals surface area contributed by atoms with Crippen LogP contribution in [0.25, 0.3) is 11.0 Å². The molecule has 2 nitrogen and oxygen atoms in total. The fourth-order valence-corrected chi connectivity index (χ4v) is 1.66. The van der Waals surface area contributed by atoms with Gasteiger partial charge in [-0.2, -0.15) is 11.8 Å². The van der Waals surface area contributed by atoms with Gasteiger partial charge in [0.05, 0.1) is 0 Å². The van der Waals surface area contributed by atoms with Crippen LogP contribution in [0, 0.1) is 0 Å². The fraction of sp³-hybridized carbons (Fsp3) is 0.222. The predicted molar refractivity (Wildman–Crippen MR) is 51.2 cm³/mol. The number of hydrogen-bond acceptors (Lipinski definition) is 3. The average Bonchev–Trinajstić information content (AvgIpc) is 2.50. The zero-order valence-electron chi connectivity index (χ0n) is 6.78. The Hall–Kier alpha value is -0.960. The van der Waals surface area contributed by atoms with E-state index in [-0.39, 0.29) is 0 Å². The molecule has 2 aromatic rings. The molecule has 0 bridgehead atoms. The Labute approximate surface area is 74.9 Å². The zero-order valence-corrected chi connectivity index (χ0v) is 7.60. The van der Waals surface area contributed by atoms with Crippen molar-refractivity contribution in [2.24, 2.45) is 0 Å². The smallest absolute Gasteiger partial charge is 0.167 e. The van der Waals surface area contributed by atoms with E-state index >= 15 is 0 Å². The molecular weight excluding hydrogens is 170 g/mol. The second kappa shape index (κ2) is 3.19. The molecule has 1 heterocycles. The second-order valence-corrected chi connectivity index (χ2v) is 3.42. The summed E-state index contributed by atoms with van der Waals surface area (Å²) in [6.07, 6.45) is 2.06. The number of nitrogens with zero attached hydrogens (tertiary/aromatic N) is 1. The summed E-state index contributed by atoms with van der Waals surface area (Å²) in [4.78, 5) is 0. The predicted octanol–water partition coefficient (Wildman–Crippen LogP) is 2.69. The van der Waals surface area contributed by atoms with Crippen molar-refractivity contribution in [2.75, 3.05) is 6.26 Å². The maximum atomic E-state index is 5.14. The summed E-state index contributed by atoms with van der Waals surface area (Å²) in [5.41, 5.74) is 1.92. The van der Waals surface area contributed by atoms with Gasteiger partial charge in [0.2, 0.25) is 0 Å². The van der Waals surface area contributed by atoms with Crippen LogP contribution in [-0.4, -0.2) is 11.4 Å².